The van der Waals surface area contributed by atoms with Crippen molar-refractivity contribution in [2.24, 2.45) is 5.92 Å². The van der Waals surface area contributed by atoms with Gasteiger partial charge in [-0.15, -0.1) is 5.10 Å². The Morgan fingerprint density at radius 2 is 2.33 bits per heavy atom. The SMILES string of the molecule is CC(C)C[C@]12CCCN1[C@@H](COC(=O)n1ccnn1)CC2. The van der Waals surface area contributed by atoms with E-state index in [1.807, 2.05) is 0 Å². The Morgan fingerprint density at radius 3 is 3.05 bits per heavy atom. The van der Waals surface area contributed by atoms with Crippen molar-refractivity contribution in [3.05, 3.63) is 12.4 Å². The largest absolute Gasteiger partial charge is 0.446 e. The number of hydrogen-bond acceptors (Lipinski definition) is 5. The molecule has 1 aromatic rings. The van der Waals surface area contributed by atoms with Crippen LogP contribution in [0.15, 0.2) is 12.4 Å². The van der Waals surface area contributed by atoms with E-state index in [4.69, 9.17) is 4.74 Å². The molecule has 0 bridgehead atoms. The maximum absolute atomic E-state index is 11.8. The molecule has 0 amide bonds. The third kappa shape index (κ3) is 2.81. The Kier molecular flexibility index (Phi) is 3.97. The molecule has 0 unspecified atom stereocenters. The predicted octanol–water partition coefficient (Wildman–Crippen LogP) is 2.31. The van der Waals surface area contributed by atoms with Gasteiger partial charge in [0.15, 0.2) is 0 Å². The fourth-order valence-electron chi connectivity index (χ4n) is 4.18. The van der Waals surface area contributed by atoms with Crippen LogP contribution in [0.4, 0.5) is 4.79 Å². The van der Waals surface area contributed by atoms with Gasteiger partial charge in [-0.05, 0) is 44.6 Å². The summed E-state index contributed by atoms with van der Waals surface area (Å²) in [5, 5.41) is 7.28. The number of rotatable bonds is 4. The van der Waals surface area contributed by atoms with Gasteiger partial charge in [-0.2, -0.15) is 4.68 Å². The van der Waals surface area contributed by atoms with Crippen LogP contribution in [0.1, 0.15) is 46.0 Å². The second-order valence-electron chi connectivity index (χ2n) is 6.74. The molecule has 21 heavy (non-hydrogen) atoms. The second kappa shape index (κ2) is 5.75. The lowest BCUT2D eigenvalue weighted by Crippen LogP contribution is -2.45. The summed E-state index contributed by atoms with van der Waals surface area (Å²) in [5.74, 6) is 0.710. The van der Waals surface area contributed by atoms with E-state index in [0.717, 1.165) is 17.6 Å². The highest BCUT2D eigenvalue weighted by molar-refractivity contribution is 5.68. The van der Waals surface area contributed by atoms with E-state index in [0.29, 0.717) is 24.1 Å². The molecule has 2 aliphatic heterocycles. The topological polar surface area (TPSA) is 60.2 Å². The average molecular weight is 292 g/mol. The molecule has 0 N–H and O–H groups in total. The minimum Gasteiger partial charge on any atom is -0.446 e. The van der Waals surface area contributed by atoms with Gasteiger partial charge in [-0.25, -0.2) is 4.79 Å². The van der Waals surface area contributed by atoms with Gasteiger partial charge in [0.1, 0.15) is 6.61 Å². The van der Waals surface area contributed by atoms with Gasteiger partial charge in [-0.3, -0.25) is 4.90 Å². The van der Waals surface area contributed by atoms with Gasteiger partial charge in [0.05, 0.1) is 12.4 Å². The Balaban J connectivity index is 1.59. The number of fused-ring (bicyclic) bond motifs is 1. The van der Waals surface area contributed by atoms with E-state index in [9.17, 15) is 4.79 Å². The number of carbonyl (C=O) groups is 1. The van der Waals surface area contributed by atoms with Gasteiger partial charge in [0, 0.05) is 11.6 Å². The molecule has 6 nitrogen and oxygen atoms in total. The molecule has 0 radical (unpaired) electrons. The van der Waals surface area contributed by atoms with Crippen LogP contribution in [0, 0.1) is 5.92 Å². The summed E-state index contributed by atoms with van der Waals surface area (Å²) in [5.41, 5.74) is 0.360. The highest BCUT2D eigenvalue weighted by Gasteiger charge is 2.49. The third-order valence-corrected chi connectivity index (χ3v) is 4.83. The number of carbonyl (C=O) groups excluding carboxylic acids is 1. The molecule has 0 aromatic carbocycles. The molecule has 1 aromatic heterocycles. The van der Waals surface area contributed by atoms with Crippen LogP contribution < -0.4 is 0 Å². The lowest BCUT2D eigenvalue weighted by Gasteiger charge is -2.36. The van der Waals surface area contributed by atoms with Crippen molar-refractivity contribution in [3.63, 3.8) is 0 Å². The first-order valence-electron chi connectivity index (χ1n) is 7.91. The van der Waals surface area contributed by atoms with Crippen LogP contribution in [0.25, 0.3) is 0 Å². The Hall–Kier alpha value is -1.43. The molecule has 0 spiro atoms. The molecular formula is C15H24N4O2. The van der Waals surface area contributed by atoms with E-state index in [1.165, 1.54) is 38.1 Å². The summed E-state index contributed by atoms with van der Waals surface area (Å²) in [4.78, 5) is 14.4. The summed E-state index contributed by atoms with van der Waals surface area (Å²) >= 11 is 0. The van der Waals surface area contributed by atoms with Crippen LogP contribution in [-0.4, -0.2) is 50.7 Å². The molecule has 0 saturated carbocycles. The van der Waals surface area contributed by atoms with Crippen molar-refractivity contribution < 1.29 is 9.53 Å². The Morgan fingerprint density at radius 1 is 1.48 bits per heavy atom. The normalized spacial score (nSPS) is 29.0. The lowest BCUT2D eigenvalue weighted by molar-refractivity contribution is 0.0726. The van der Waals surface area contributed by atoms with Gasteiger partial charge in [0.25, 0.3) is 0 Å². The molecule has 6 heteroatoms. The van der Waals surface area contributed by atoms with E-state index in [2.05, 4.69) is 29.1 Å². The van der Waals surface area contributed by atoms with Gasteiger partial charge in [0.2, 0.25) is 0 Å². The van der Waals surface area contributed by atoms with Crippen LogP contribution in [0.2, 0.25) is 0 Å². The summed E-state index contributed by atoms with van der Waals surface area (Å²) in [6, 6.07) is 0.360. The van der Waals surface area contributed by atoms with Crippen molar-refractivity contribution in [3.8, 4) is 0 Å². The highest BCUT2D eigenvalue weighted by atomic mass is 16.6. The zero-order valence-corrected chi connectivity index (χ0v) is 12.9. The number of nitrogens with zero attached hydrogens (tertiary/aromatic N) is 4. The van der Waals surface area contributed by atoms with Crippen molar-refractivity contribution in [2.75, 3.05) is 13.2 Å². The highest BCUT2D eigenvalue weighted by Crippen LogP contribution is 2.46. The minimum atomic E-state index is -0.437. The lowest BCUT2D eigenvalue weighted by atomic mass is 9.85. The summed E-state index contributed by atoms with van der Waals surface area (Å²) in [6.45, 7) is 6.18. The summed E-state index contributed by atoms with van der Waals surface area (Å²) < 4.78 is 6.55. The van der Waals surface area contributed by atoms with Crippen molar-refractivity contribution in [1.82, 2.24) is 19.9 Å². The zero-order valence-electron chi connectivity index (χ0n) is 12.9. The van der Waals surface area contributed by atoms with E-state index in [1.54, 1.807) is 0 Å². The standard InChI is InChI=1S/C15H24N4O2/c1-12(2)10-15-5-3-8-18(15)13(4-6-15)11-21-14(20)19-9-7-16-17-19/h7,9,12-13H,3-6,8,10-11H2,1-2H3/t13-,15-/m1/s1. The Bertz CT molecular complexity index is 488. The van der Waals surface area contributed by atoms with Gasteiger partial charge in [-0.1, -0.05) is 19.1 Å². The maximum atomic E-state index is 11.8. The van der Waals surface area contributed by atoms with Gasteiger partial charge >= 0.3 is 6.09 Å². The smallest absolute Gasteiger partial charge is 0.436 e. The summed E-state index contributed by atoms with van der Waals surface area (Å²) in [6.07, 6.45) is 8.71. The quantitative estimate of drug-likeness (QED) is 0.852. The van der Waals surface area contributed by atoms with Crippen LogP contribution in [0.5, 0.6) is 0 Å². The first kappa shape index (κ1) is 14.5. The van der Waals surface area contributed by atoms with Crippen LogP contribution >= 0.6 is 0 Å². The number of hydrogen-bond donors (Lipinski definition) is 0. The molecule has 2 atom stereocenters. The van der Waals surface area contributed by atoms with E-state index < -0.39 is 6.09 Å². The number of aromatic nitrogens is 3. The molecule has 2 aliphatic rings. The molecule has 2 fully saturated rings. The van der Waals surface area contributed by atoms with Crippen molar-refractivity contribution in [1.29, 1.82) is 0 Å². The van der Waals surface area contributed by atoms with Crippen molar-refractivity contribution in [2.45, 2.75) is 57.5 Å². The minimum absolute atomic E-state index is 0.360. The molecule has 116 valence electrons. The molecule has 0 aliphatic carbocycles. The van der Waals surface area contributed by atoms with Crippen LogP contribution in [0.3, 0.4) is 0 Å². The maximum Gasteiger partial charge on any atom is 0.436 e. The van der Waals surface area contributed by atoms with Crippen molar-refractivity contribution >= 4 is 6.09 Å². The molecule has 2 saturated heterocycles. The van der Waals surface area contributed by atoms with E-state index >= 15 is 0 Å². The molecular weight excluding hydrogens is 268 g/mol. The fourth-order valence-corrected chi connectivity index (χ4v) is 4.18. The van der Waals surface area contributed by atoms with E-state index in [-0.39, 0.29) is 0 Å². The third-order valence-electron chi connectivity index (χ3n) is 4.83. The monoisotopic (exact) mass is 292 g/mol. The first-order chi connectivity index (χ1) is 10.1. The fraction of sp³-hybridized carbons (Fsp3) is 0.800. The predicted molar refractivity (Wildman–Crippen MR) is 77.9 cm³/mol. The average Bonchev–Trinajstić information content (AvgIpc) is 3.11. The molecule has 3 heterocycles. The zero-order chi connectivity index (χ0) is 14.9. The number of ether oxygens (including phenoxy) is 1. The molecule has 3 rings (SSSR count). The summed E-state index contributed by atoms with van der Waals surface area (Å²) in [7, 11) is 0. The second-order valence-corrected chi connectivity index (χ2v) is 6.74. The Labute approximate surface area is 125 Å². The van der Waals surface area contributed by atoms with Gasteiger partial charge < -0.3 is 4.74 Å². The first-order valence-corrected chi connectivity index (χ1v) is 7.91. The van der Waals surface area contributed by atoms with Crippen LogP contribution in [-0.2, 0) is 4.74 Å².